The van der Waals surface area contributed by atoms with Crippen LogP contribution < -0.4 is 5.32 Å². The summed E-state index contributed by atoms with van der Waals surface area (Å²) in [4.78, 5) is 23.2. The number of aliphatic carboxylic acids is 1. The van der Waals surface area contributed by atoms with E-state index in [0.29, 0.717) is 6.42 Å². The van der Waals surface area contributed by atoms with E-state index in [0.717, 1.165) is 19.3 Å². The van der Waals surface area contributed by atoms with Crippen molar-refractivity contribution in [1.29, 1.82) is 0 Å². The molecule has 0 radical (unpaired) electrons. The van der Waals surface area contributed by atoms with Gasteiger partial charge in [-0.3, -0.25) is 4.79 Å². The third-order valence-corrected chi connectivity index (χ3v) is 4.72. The highest BCUT2D eigenvalue weighted by atomic mass is 16.4. The van der Waals surface area contributed by atoms with E-state index in [-0.39, 0.29) is 22.9 Å². The van der Waals surface area contributed by atoms with Gasteiger partial charge in [-0.25, -0.2) is 4.79 Å². The number of rotatable bonds is 12. The lowest BCUT2D eigenvalue weighted by Gasteiger charge is -2.07. The second kappa shape index (κ2) is 9.74. The highest BCUT2D eigenvalue weighted by molar-refractivity contribution is 5.94. The zero-order chi connectivity index (χ0) is 17.3. The van der Waals surface area contributed by atoms with Crippen LogP contribution in [0.2, 0.25) is 0 Å². The predicted molar refractivity (Wildman–Crippen MR) is 93.0 cm³/mol. The first kappa shape index (κ1) is 19.7. The summed E-state index contributed by atoms with van der Waals surface area (Å²) in [5.74, 6) is -1.25. The Morgan fingerprint density at radius 1 is 1.09 bits per heavy atom. The molecule has 0 bridgehead atoms. The molecule has 23 heavy (non-hydrogen) atoms. The van der Waals surface area contributed by atoms with Crippen molar-refractivity contribution < 1.29 is 14.7 Å². The number of carboxylic acids is 1. The Kier molecular flexibility index (Phi) is 8.35. The molecule has 1 saturated carbocycles. The number of hydrogen-bond acceptors (Lipinski definition) is 2. The molecule has 1 aliphatic rings. The number of unbranched alkanes of at least 4 members (excludes halogenated alkanes) is 8. The van der Waals surface area contributed by atoms with Crippen molar-refractivity contribution in [2.24, 2.45) is 11.3 Å². The van der Waals surface area contributed by atoms with Gasteiger partial charge in [-0.1, -0.05) is 71.8 Å². The maximum atomic E-state index is 12.0. The van der Waals surface area contributed by atoms with E-state index in [2.05, 4.69) is 12.2 Å². The van der Waals surface area contributed by atoms with Crippen molar-refractivity contribution in [2.45, 2.75) is 85.0 Å². The number of hydrogen-bond donors (Lipinski definition) is 2. The Bertz CT molecular complexity index is 426. The minimum Gasteiger partial charge on any atom is -0.477 e. The fourth-order valence-electron chi connectivity index (χ4n) is 2.85. The summed E-state index contributed by atoms with van der Waals surface area (Å²) in [5.41, 5.74) is 0.0616. The molecule has 2 N–H and O–H groups in total. The molecule has 1 fully saturated rings. The van der Waals surface area contributed by atoms with Gasteiger partial charge >= 0.3 is 5.97 Å². The minimum atomic E-state index is -1.05. The molecule has 4 nitrogen and oxygen atoms in total. The van der Waals surface area contributed by atoms with Gasteiger partial charge in [-0.05, 0) is 24.7 Å². The Balaban J connectivity index is 2.20. The summed E-state index contributed by atoms with van der Waals surface area (Å²) in [6.07, 6.45) is 13.0. The Morgan fingerprint density at radius 2 is 1.61 bits per heavy atom. The van der Waals surface area contributed by atoms with Gasteiger partial charge in [0.05, 0.1) is 0 Å². The molecular formula is C19H33NO3. The predicted octanol–water partition coefficient (Wildman–Crippen LogP) is 4.65. The minimum absolute atomic E-state index is 0.0193. The molecule has 0 aromatic carbocycles. The highest BCUT2D eigenvalue weighted by Crippen LogP contribution is 2.51. The number of nitrogens with one attached hydrogen (secondary N) is 1. The van der Waals surface area contributed by atoms with Crippen LogP contribution in [0.5, 0.6) is 0 Å². The number of carbonyl (C=O) groups is 2. The number of carboxylic acid groups (broad SMARTS) is 1. The van der Waals surface area contributed by atoms with Gasteiger partial charge < -0.3 is 10.4 Å². The lowest BCUT2D eigenvalue weighted by Crippen LogP contribution is -2.29. The Hall–Kier alpha value is -1.32. The second-order valence-electron chi connectivity index (χ2n) is 7.42. The molecule has 1 atom stereocenters. The van der Waals surface area contributed by atoms with Crippen LogP contribution in [0, 0.1) is 11.3 Å². The SMILES string of the molecule is CCCCCCCCCC/C=C(/NC(=O)C1CC1(C)C)C(=O)O. The van der Waals surface area contributed by atoms with Crippen LogP contribution in [-0.4, -0.2) is 17.0 Å². The molecule has 132 valence electrons. The van der Waals surface area contributed by atoms with Crippen LogP contribution in [0.4, 0.5) is 0 Å². The molecule has 1 aliphatic carbocycles. The van der Waals surface area contributed by atoms with Gasteiger partial charge in [0.2, 0.25) is 5.91 Å². The van der Waals surface area contributed by atoms with E-state index >= 15 is 0 Å². The Morgan fingerprint density at radius 3 is 2.09 bits per heavy atom. The smallest absolute Gasteiger partial charge is 0.352 e. The number of carbonyl (C=O) groups excluding carboxylic acids is 1. The number of allylic oxidation sites excluding steroid dienone is 1. The third-order valence-electron chi connectivity index (χ3n) is 4.72. The molecule has 0 aromatic heterocycles. The van der Waals surface area contributed by atoms with Crippen molar-refractivity contribution in [3.05, 3.63) is 11.8 Å². The molecule has 1 unspecified atom stereocenters. The second-order valence-corrected chi connectivity index (χ2v) is 7.42. The molecule has 0 saturated heterocycles. The fraction of sp³-hybridized carbons (Fsp3) is 0.789. The normalized spacial score (nSPS) is 19.4. The zero-order valence-electron chi connectivity index (χ0n) is 15.0. The van der Waals surface area contributed by atoms with Crippen molar-refractivity contribution in [1.82, 2.24) is 5.32 Å². The van der Waals surface area contributed by atoms with Gasteiger partial charge in [0.1, 0.15) is 5.70 Å². The maximum Gasteiger partial charge on any atom is 0.352 e. The number of amides is 1. The zero-order valence-corrected chi connectivity index (χ0v) is 15.0. The van der Waals surface area contributed by atoms with Gasteiger partial charge in [0.25, 0.3) is 0 Å². The highest BCUT2D eigenvalue weighted by Gasteiger charge is 2.50. The van der Waals surface area contributed by atoms with Crippen molar-refractivity contribution in [2.75, 3.05) is 0 Å². The summed E-state index contributed by atoms with van der Waals surface area (Å²) in [6.45, 7) is 6.28. The molecular weight excluding hydrogens is 290 g/mol. The van der Waals surface area contributed by atoms with E-state index < -0.39 is 5.97 Å². The molecule has 0 heterocycles. The quantitative estimate of drug-likeness (QED) is 0.406. The van der Waals surface area contributed by atoms with Crippen molar-refractivity contribution >= 4 is 11.9 Å². The summed E-state index contributed by atoms with van der Waals surface area (Å²) < 4.78 is 0. The first-order valence-corrected chi connectivity index (χ1v) is 9.13. The monoisotopic (exact) mass is 323 g/mol. The van der Waals surface area contributed by atoms with E-state index in [4.69, 9.17) is 0 Å². The average Bonchev–Trinajstić information content (AvgIpc) is 3.13. The summed E-state index contributed by atoms with van der Waals surface area (Å²) in [5, 5.41) is 11.8. The largest absolute Gasteiger partial charge is 0.477 e. The summed E-state index contributed by atoms with van der Waals surface area (Å²) in [6, 6.07) is 0. The van der Waals surface area contributed by atoms with E-state index in [1.54, 1.807) is 6.08 Å². The maximum absolute atomic E-state index is 12.0. The standard InChI is InChI=1S/C19H33NO3/c1-4-5-6-7-8-9-10-11-12-13-16(18(22)23)20-17(21)15-14-19(15,2)3/h13,15H,4-12,14H2,1-3H3,(H,20,21)(H,22,23)/b16-13+. The molecule has 0 spiro atoms. The third kappa shape index (κ3) is 7.67. The van der Waals surface area contributed by atoms with Crippen LogP contribution >= 0.6 is 0 Å². The summed E-state index contributed by atoms with van der Waals surface area (Å²) >= 11 is 0. The lowest BCUT2D eigenvalue weighted by molar-refractivity contribution is -0.135. The first-order valence-electron chi connectivity index (χ1n) is 9.13. The van der Waals surface area contributed by atoms with Gasteiger partial charge in [-0.15, -0.1) is 0 Å². The molecule has 0 aliphatic heterocycles. The fourth-order valence-corrected chi connectivity index (χ4v) is 2.85. The first-order chi connectivity index (χ1) is 10.9. The molecule has 1 amide bonds. The van der Waals surface area contributed by atoms with Gasteiger partial charge in [0, 0.05) is 5.92 Å². The van der Waals surface area contributed by atoms with Crippen molar-refractivity contribution in [3.63, 3.8) is 0 Å². The van der Waals surface area contributed by atoms with Crippen LogP contribution in [0.3, 0.4) is 0 Å². The van der Waals surface area contributed by atoms with Crippen LogP contribution in [0.25, 0.3) is 0 Å². The molecule has 0 aromatic rings. The van der Waals surface area contributed by atoms with Gasteiger partial charge in [0.15, 0.2) is 0 Å². The van der Waals surface area contributed by atoms with Crippen LogP contribution in [0.1, 0.15) is 85.0 Å². The molecule has 4 heteroatoms. The Labute approximate surface area is 140 Å². The topological polar surface area (TPSA) is 66.4 Å². The van der Waals surface area contributed by atoms with E-state index in [1.165, 1.54) is 38.5 Å². The van der Waals surface area contributed by atoms with E-state index in [9.17, 15) is 14.7 Å². The van der Waals surface area contributed by atoms with Crippen LogP contribution in [-0.2, 0) is 9.59 Å². The average molecular weight is 323 g/mol. The van der Waals surface area contributed by atoms with Crippen molar-refractivity contribution in [3.8, 4) is 0 Å². The van der Waals surface area contributed by atoms with Crippen LogP contribution in [0.15, 0.2) is 11.8 Å². The summed E-state index contributed by atoms with van der Waals surface area (Å²) in [7, 11) is 0. The molecule has 1 rings (SSSR count). The lowest BCUT2D eigenvalue weighted by atomic mass is 10.1. The van der Waals surface area contributed by atoms with E-state index in [1.807, 2.05) is 13.8 Å². The van der Waals surface area contributed by atoms with Gasteiger partial charge in [-0.2, -0.15) is 0 Å².